The zero-order valence-corrected chi connectivity index (χ0v) is 18.9. The van der Waals surface area contributed by atoms with Crippen LogP contribution < -0.4 is 0 Å². The minimum atomic E-state index is -1.28. The maximum atomic E-state index is 13.1. The summed E-state index contributed by atoms with van der Waals surface area (Å²) in [6, 6.07) is 8.91. The average molecular weight is 439 g/mol. The summed E-state index contributed by atoms with van der Waals surface area (Å²) in [5, 5.41) is 20.9. The van der Waals surface area contributed by atoms with Gasteiger partial charge in [0.1, 0.15) is 6.10 Å². The van der Waals surface area contributed by atoms with Crippen LogP contribution in [0.2, 0.25) is 0 Å². The predicted molar refractivity (Wildman–Crippen MR) is 120 cm³/mol. The number of rotatable bonds is 4. The van der Waals surface area contributed by atoms with Gasteiger partial charge in [-0.3, -0.25) is 4.79 Å². The molecule has 0 radical (unpaired) electrons. The van der Waals surface area contributed by atoms with Crippen molar-refractivity contribution >= 4 is 11.9 Å². The first-order chi connectivity index (χ1) is 15.3. The van der Waals surface area contributed by atoms with Crippen LogP contribution in [0.5, 0.6) is 0 Å². The monoisotopic (exact) mass is 438 g/mol. The minimum Gasteiger partial charge on any atom is -0.481 e. The van der Waals surface area contributed by atoms with Crippen molar-refractivity contribution in [1.82, 2.24) is 0 Å². The molecule has 4 aliphatic carbocycles. The molecule has 0 heterocycles. The van der Waals surface area contributed by atoms with Crippen LogP contribution in [0.1, 0.15) is 68.6 Å². The number of carbonyl (C=O) groups excluding carboxylic acids is 1. The van der Waals surface area contributed by atoms with Crippen molar-refractivity contribution < 1.29 is 24.5 Å². The van der Waals surface area contributed by atoms with E-state index in [4.69, 9.17) is 4.74 Å². The number of esters is 1. The molecule has 5 heteroatoms. The Morgan fingerprint density at radius 3 is 2.62 bits per heavy atom. The lowest BCUT2D eigenvalue weighted by molar-refractivity contribution is -0.229. The Labute approximate surface area is 189 Å². The zero-order chi connectivity index (χ0) is 22.7. The second-order valence-electron chi connectivity index (χ2n) is 11.1. The molecule has 172 valence electrons. The van der Waals surface area contributed by atoms with Gasteiger partial charge in [0.25, 0.3) is 0 Å². The molecule has 0 amide bonds. The van der Waals surface area contributed by atoms with Gasteiger partial charge in [-0.15, -0.1) is 0 Å². The molecule has 0 aromatic heterocycles. The van der Waals surface area contributed by atoms with E-state index in [1.807, 2.05) is 6.07 Å². The summed E-state index contributed by atoms with van der Waals surface area (Å²) in [7, 11) is 0. The van der Waals surface area contributed by atoms with Gasteiger partial charge in [0, 0.05) is 5.92 Å². The van der Waals surface area contributed by atoms with E-state index in [1.165, 1.54) is 5.57 Å². The van der Waals surface area contributed by atoms with Crippen molar-refractivity contribution in [3.05, 3.63) is 48.0 Å². The van der Waals surface area contributed by atoms with Crippen molar-refractivity contribution in [1.29, 1.82) is 0 Å². The summed E-state index contributed by atoms with van der Waals surface area (Å²) in [5.41, 5.74) is 0.243. The molecule has 3 unspecified atom stereocenters. The number of benzene rings is 1. The number of hydrogen-bond donors (Lipinski definition) is 2. The Kier molecular flexibility index (Phi) is 5.05. The summed E-state index contributed by atoms with van der Waals surface area (Å²) < 4.78 is 6.16. The highest BCUT2D eigenvalue weighted by Gasteiger charge is 2.71. The van der Waals surface area contributed by atoms with Crippen molar-refractivity contribution in [3.8, 4) is 0 Å². The van der Waals surface area contributed by atoms with E-state index in [2.05, 4.69) is 13.5 Å². The minimum absolute atomic E-state index is 0.0372. The molecule has 7 atom stereocenters. The Balaban J connectivity index is 1.60. The number of fused-ring (bicyclic) bond motifs is 2. The fraction of sp³-hybridized carbons (Fsp3) is 0.630. The first-order valence-corrected chi connectivity index (χ1v) is 12.1. The fourth-order valence-electron chi connectivity index (χ4n) is 8.58. The standard InChI is InChI=1S/C27H34O5/c1-17-13-20-14-21(32-23(29)18-7-4-3-5-8-18)22-25(2,27(20)12-9-19(17)15-27)10-6-11-26(22,16-28)24(30)31/h3-5,7-8,19-22,28H,1,6,9-16H2,2H3,(H,30,31)/t19?,20?,21-,22-,25+,26-,27?/m1/s1. The van der Waals surface area contributed by atoms with Crippen molar-refractivity contribution in [2.75, 3.05) is 6.61 Å². The SMILES string of the molecule is C=C1CC2C[C@@H](OC(=O)c3ccccc3)[C@H]3[C@@](CO)(C(=O)O)CCC[C@]3(C)C23CCC1C3. The Morgan fingerprint density at radius 2 is 1.94 bits per heavy atom. The van der Waals surface area contributed by atoms with Gasteiger partial charge in [0.15, 0.2) is 0 Å². The van der Waals surface area contributed by atoms with Crippen LogP contribution in [-0.2, 0) is 9.53 Å². The molecule has 4 fully saturated rings. The number of carboxylic acid groups (broad SMARTS) is 1. The normalized spacial score (nSPS) is 42.6. The Morgan fingerprint density at radius 1 is 1.19 bits per heavy atom. The molecule has 4 saturated carbocycles. The third kappa shape index (κ3) is 2.79. The van der Waals surface area contributed by atoms with Crippen LogP contribution >= 0.6 is 0 Å². The lowest BCUT2D eigenvalue weighted by Crippen LogP contribution is -2.67. The maximum Gasteiger partial charge on any atom is 0.338 e. The molecule has 0 saturated heterocycles. The summed E-state index contributed by atoms with van der Waals surface area (Å²) in [4.78, 5) is 25.8. The van der Waals surface area contributed by atoms with Gasteiger partial charge in [-0.2, -0.15) is 0 Å². The highest BCUT2D eigenvalue weighted by Crippen LogP contribution is 2.74. The zero-order valence-electron chi connectivity index (χ0n) is 18.9. The van der Waals surface area contributed by atoms with Crippen LogP contribution in [0.4, 0.5) is 0 Å². The molecule has 2 bridgehead atoms. The number of aliphatic hydroxyl groups is 1. The van der Waals surface area contributed by atoms with Gasteiger partial charge in [0.05, 0.1) is 17.6 Å². The second-order valence-corrected chi connectivity index (χ2v) is 11.1. The van der Waals surface area contributed by atoms with Crippen LogP contribution in [0.15, 0.2) is 42.5 Å². The Hall–Kier alpha value is -2.14. The molecule has 0 aliphatic heterocycles. The average Bonchev–Trinajstić information content (AvgIpc) is 3.19. The number of allylic oxidation sites excluding steroid dienone is 1. The second kappa shape index (κ2) is 7.44. The van der Waals surface area contributed by atoms with Crippen molar-refractivity contribution in [2.45, 2.75) is 64.4 Å². The van der Waals surface area contributed by atoms with Gasteiger partial charge >= 0.3 is 11.9 Å². The van der Waals surface area contributed by atoms with Crippen LogP contribution in [0.3, 0.4) is 0 Å². The maximum absolute atomic E-state index is 13.1. The van der Waals surface area contributed by atoms with Crippen molar-refractivity contribution in [3.63, 3.8) is 0 Å². The number of carboxylic acids is 1. The van der Waals surface area contributed by atoms with Gasteiger partial charge in [0.2, 0.25) is 0 Å². The third-order valence-corrected chi connectivity index (χ3v) is 10.0. The first kappa shape index (κ1) is 21.7. The van der Waals surface area contributed by atoms with E-state index in [0.717, 1.165) is 38.5 Å². The largest absolute Gasteiger partial charge is 0.481 e. The molecular formula is C27H34O5. The predicted octanol–water partition coefficient (Wildman–Crippen LogP) is 4.85. The summed E-state index contributed by atoms with van der Waals surface area (Å²) in [6.45, 7) is 6.20. The Bertz CT molecular complexity index is 941. The lowest BCUT2D eigenvalue weighted by atomic mass is 9.37. The fourth-order valence-corrected chi connectivity index (χ4v) is 8.58. The van der Waals surface area contributed by atoms with Gasteiger partial charge < -0.3 is 14.9 Å². The molecule has 5 rings (SSSR count). The number of hydrogen-bond acceptors (Lipinski definition) is 4. The molecule has 4 aliphatic rings. The van der Waals surface area contributed by atoms with E-state index in [9.17, 15) is 19.8 Å². The molecule has 1 aromatic carbocycles. The first-order valence-electron chi connectivity index (χ1n) is 12.1. The highest BCUT2D eigenvalue weighted by atomic mass is 16.5. The van der Waals surface area contributed by atoms with E-state index in [-0.39, 0.29) is 10.8 Å². The summed E-state index contributed by atoms with van der Waals surface area (Å²) in [6.07, 6.45) is 6.43. The van der Waals surface area contributed by atoms with E-state index >= 15 is 0 Å². The molecule has 1 aromatic rings. The lowest BCUT2D eigenvalue weighted by Gasteiger charge is -2.67. The van der Waals surface area contributed by atoms with E-state index < -0.39 is 36.0 Å². The summed E-state index contributed by atoms with van der Waals surface area (Å²) >= 11 is 0. The number of aliphatic hydroxyl groups excluding tert-OH is 1. The third-order valence-electron chi connectivity index (χ3n) is 10.0. The number of aliphatic carboxylic acids is 1. The van der Waals surface area contributed by atoms with Crippen LogP contribution in [0, 0.1) is 34.0 Å². The number of ether oxygens (including phenoxy) is 1. The topological polar surface area (TPSA) is 83.8 Å². The number of carbonyl (C=O) groups is 2. The molecular weight excluding hydrogens is 404 g/mol. The molecule has 1 spiro atoms. The summed E-state index contributed by atoms with van der Waals surface area (Å²) in [5.74, 6) is -0.911. The molecule has 32 heavy (non-hydrogen) atoms. The highest BCUT2D eigenvalue weighted by molar-refractivity contribution is 5.89. The van der Waals surface area contributed by atoms with Crippen LogP contribution in [0.25, 0.3) is 0 Å². The van der Waals surface area contributed by atoms with Gasteiger partial charge in [-0.25, -0.2) is 4.79 Å². The van der Waals surface area contributed by atoms with E-state index in [1.54, 1.807) is 24.3 Å². The molecule has 2 N–H and O–H groups in total. The smallest absolute Gasteiger partial charge is 0.338 e. The van der Waals surface area contributed by atoms with E-state index in [0.29, 0.717) is 30.2 Å². The van der Waals surface area contributed by atoms with Gasteiger partial charge in [-0.1, -0.05) is 43.7 Å². The molecule has 5 nitrogen and oxygen atoms in total. The quantitative estimate of drug-likeness (QED) is 0.519. The van der Waals surface area contributed by atoms with Crippen molar-refractivity contribution in [2.24, 2.45) is 34.0 Å². The van der Waals surface area contributed by atoms with Crippen LogP contribution in [-0.4, -0.2) is 34.9 Å². The van der Waals surface area contributed by atoms with Gasteiger partial charge in [-0.05, 0) is 79.7 Å².